The minimum Gasteiger partial charge on any atom is -0.455 e. The molecule has 1 aliphatic rings. The van der Waals surface area contributed by atoms with Crippen molar-refractivity contribution in [3.05, 3.63) is 47.1 Å². The van der Waals surface area contributed by atoms with Crippen molar-refractivity contribution in [1.82, 2.24) is 9.46 Å². The number of nitrogens with zero attached hydrogens (tertiary/aromatic N) is 2. The predicted octanol–water partition coefficient (Wildman–Crippen LogP) is 2.65. The molecule has 7 nitrogen and oxygen atoms in total. The van der Waals surface area contributed by atoms with E-state index in [9.17, 15) is 17.6 Å². The van der Waals surface area contributed by atoms with Gasteiger partial charge >= 0.3 is 5.97 Å². The maximum atomic E-state index is 14.2. The molecule has 140 valence electrons. The number of sulfonamides is 1. The molecule has 0 N–H and O–H groups in total. The Morgan fingerprint density at radius 1 is 1.27 bits per heavy atom. The molecule has 1 fully saturated rings. The minimum absolute atomic E-state index is 0.0396. The van der Waals surface area contributed by atoms with Crippen LogP contribution in [0.1, 0.15) is 41.1 Å². The van der Waals surface area contributed by atoms with E-state index in [1.807, 2.05) is 0 Å². The molecule has 2 heterocycles. The third kappa shape index (κ3) is 3.94. The number of aromatic nitrogens is 1. The first-order valence-electron chi connectivity index (χ1n) is 8.27. The van der Waals surface area contributed by atoms with E-state index in [1.54, 1.807) is 13.0 Å². The van der Waals surface area contributed by atoms with Crippen molar-refractivity contribution in [2.45, 2.75) is 37.7 Å². The molecule has 1 saturated heterocycles. The largest absolute Gasteiger partial charge is 0.455 e. The van der Waals surface area contributed by atoms with Gasteiger partial charge in [0.25, 0.3) is 0 Å². The summed E-state index contributed by atoms with van der Waals surface area (Å²) >= 11 is 0. The van der Waals surface area contributed by atoms with Gasteiger partial charge in [-0.05, 0) is 38.0 Å². The summed E-state index contributed by atoms with van der Waals surface area (Å²) in [4.78, 5) is 11.7. The van der Waals surface area contributed by atoms with Gasteiger partial charge in [-0.25, -0.2) is 17.6 Å². The maximum Gasteiger partial charge on any atom is 0.338 e. The predicted molar refractivity (Wildman–Crippen MR) is 89.4 cm³/mol. The molecular formula is C17H19FN2O5S. The quantitative estimate of drug-likeness (QED) is 0.739. The van der Waals surface area contributed by atoms with Crippen LogP contribution >= 0.6 is 0 Å². The van der Waals surface area contributed by atoms with Crippen molar-refractivity contribution in [2.24, 2.45) is 0 Å². The molecule has 1 aromatic carbocycles. The Kier molecular flexibility index (Phi) is 5.38. The SMILES string of the molecule is Cc1cc(COC(=O)c2ccc(F)c(S(=O)(=O)N3CCCCC3)c2)no1. The lowest BCUT2D eigenvalue weighted by molar-refractivity contribution is 0.0464. The minimum atomic E-state index is -3.99. The molecule has 0 bridgehead atoms. The van der Waals surface area contributed by atoms with E-state index < -0.39 is 26.7 Å². The number of hydrogen-bond acceptors (Lipinski definition) is 6. The highest BCUT2D eigenvalue weighted by Crippen LogP contribution is 2.24. The normalized spacial score (nSPS) is 15.8. The van der Waals surface area contributed by atoms with E-state index in [-0.39, 0.29) is 12.2 Å². The van der Waals surface area contributed by atoms with Gasteiger partial charge in [0.05, 0.1) is 5.56 Å². The molecule has 0 amide bonds. The highest BCUT2D eigenvalue weighted by Gasteiger charge is 2.29. The molecule has 26 heavy (non-hydrogen) atoms. The summed E-state index contributed by atoms with van der Waals surface area (Å²) in [5.41, 5.74) is 0.390. The molecule has 0 spiro atoms. The molecule has 1 aromatic heterocycles. The van der Waals surface area contributed by atoms with Gasteiger partial charge in [-0.3, -0.25) is 0 Å². The van der Waals surface area contributed by atoms with Gasteiger partial charge in [-0.1, -0.05) is 11.6 Å². The standard InChI is InChI=1S/C17H19FN2O5S/c1-12-9-14(19-25-12)11-24-17(21)13-5-6-15(18)16(10-13)26(22,23)20-7-3-2-4-8-20/h5-6,9-10H,2-4,7-8,11H2,1H3. The Balaban J connectivity index is 1.79. The smallest absolute Gasteiger partial charge is 0.338 e. The Labute approximate surface area is 150 Å². The number of carbonyl (C=O) groups excluding carboxylic acids is 1. The van der Waals surface area contributed by atoms with Crippen LogP contribution in [0.2, 0.25) is 0 Å². The number of esters is 1. The lowest BCUT2D eigenvalue weighted by Gasteiger charge is -2.26. The van der Waals surface area contributed by atoms with Crippen LogP contribution in [0.25, 0.3) is 0 Å². The van der Waals surface area contributed by atoms with Crippen molar-refractivity contribution in [2.75, 3.05) is 13.1 Å². The molecule has 2 aromatic rings. The number of aryl methyl sites for hydroxylation is 1. The first-order chi connectivity index (χ1) is 12.4. The van der Waals surface area contributed by atoms with Crippen LogP contribution < -0.4 is 0 Å². The van der Waals surface area contributed by atoms with Gasteiger partial charge in [0.2, 0.25) is 10.0 Å². The van der Waals surface area contributed by atoms with E-state index in [0.29, 0.717) is 24.5 Å². The second-order valence-electron chi connectivity index (χ2n) is 6.11. The first-order valence-corrected chi connectivity index (χ1v) is 9.71. The van der Waals surface area contributed by atoms with Crippen molar-refractivity contribution < 1.29 is 26.9 Å². The monoisotopic (exact) mass is 382 g/mol. The number of benzene rings is 1. The summed E-state index contributed by atoms with van der Waals surface area (Å²) in [6.45, 7) is 2.28. The van der Waals surface area contributed by atoms with Gasteiger partial charge in [0, 0.05) is 19.2 Å². The second kappa shape index (κ2) is 7.55. The molecule has 0 aliphatic carbocycles. The summed E-state index contributed by atoms with van der Waals surface area (Å²) in [5.74, 6) is -1.08. The topological polar surface area (TPSA) is 89.7 Å². The highest BCUT2D eigenvalue weighted by molar-refractivity contribution is 7.89. The van der Waals surface area contributed by atoms with Crippen molar-refractivity contribution in [3.8, 4) is 0 Å². The lowest BCUT2D eigenvalue weighted by Crippen LogP contribution is -2.36. The third-order valence-electron chi connectivity index (χ3n) is 4.13. The molecule has 3 rings (SSSR count). The third-order valence-corrected chi connectivity index (χ3v) is 6.04. The van der Waals surface area contributed by atoms with Crippen LogP contribution in [0.3, 0.4) is 0 Å². The molecule has 0 atom stereocenters. The van der Waals surface area contributed by atoms with Gasteiger partial charge in [0.15, 0.2) is 0 Å². The summed E-state index contributed by atoms with van der Waals surface area (Å²) in [6, 6.07) is 4.80. The van der Waals surface area contributed by atoms with Crippen molar-refractivity contribution in [1.29, 1.82) is 0 Å². The average molecular weight is 382 g/mol. The number of rotatable bonds is 5. The van der Waals surface area contributed by atoms with Crippen LogP contribution in [0.15, 0.2) is 33.7 Å². The highest BCUT2D eigenvalue weighted by atomic mass is 32.2. The summed E-state index contributed by atoms with van der Waals surface area (Å²) in [5, 5.41) is 3.70. The average Bonchev–Trinajstić information content (AvgIpc) is 3.06. The van der Waals surface area contributed by atoms with Crippen LogP contribution in [0.5, 0.6) is 0 Å². The molecule has 1 aliphatic heterocycles. The fourth-order valence-electron chi connectivity index (χ4n) is 2.78. The van der Waals surface area contributed by atoms with Gasteiger partial charge < -0.3 is 9.26 Å². The second-order valence-corrected chi connectivity index (χ2v) is 8.02. The lowest BCUT2D eigenvalue weighted by atomic mass is 10.2. The van der Waals surface area contributed by atoms with Gasteiger partial charge in [-0.15, -0.1) is 0 Å². The van der Waals surface area contributed by atoms with E-state index >= 15 is 0 Å². The summed E-state index contributed by atoms with van der Waals surface area (Å²) < 4.78 is 50.7. The first kappa shape index (κ1) is 18.5. The Hall–Kier alpha value is -2.26. The van der Waals surface area contributed by atoms with E-state index in [0.717, 1.165) is 31.4 Å². The molecular weight excluding hydrogens is 363 g/mol. The zero-order chi connectivity index (χ0) is 18.7. The number of piperidine rings is 1. The maximum absolute atomic E-state index is 14.2. The van der Waals surface area contributed by atoms with Crippen LogP contribution in [0.4, 0.5) is 4.39 Å². The Bertz CT molecular complexity index is 904. The number of ether oxygens (including phenoxy) is 1. The van der Waals surface area contributed by atoms with Gasteiger partial charge in [-0.2, -0.15) is 4.31 Å². The zero-order valence-electron chi connectivity index (χ0n) is 14.3. The Morgan fingerprint density at radius 2 is 2.00 bits per heavy atom. The van der Waals surface area contributed by atoms with Crippen LogP contribution in [-0.2, 0) is 21.4 Å². The van der Waals surface area contributed by atoms with Crippen molar-refractivity contribution in [3.63, 3.8) is 0 Å². The van der Waals surface area contributed by atoms with E-state index in [2.05, 4.69) is 5.16 Å². The van der Waals surface area contributed by atoms with Crippen molar-refractivity contribution >= 4 is 16.0 Å². The van der Waals surface area contributed by atoms with Crippen LogP contribution in [0, 0.1) is 12.7 Å². The summed E-state index contributed by atoms with van der Waals surface area (Å²) in [7, 11) is -3.99. The molecule has 0 radical (unpaired) electrons. The zero-order valence-corrected chi connectivity index (χ0v) is 15.1. The van der Waals surface area contributed by atoms with E-state index in [4.69, 9.17) is 9.26 Å². The van der Waals surface area contributed by atoms with Crippen LogP contribution in [-0.4, -0.2) is 36.9 Å². The number of carbonyl (C=O) groups is 1. The molecule has 0 unspecified atom stereocenters. The Morgan fingerprint density at radius 3 is 2.65 bits per heavy atom. The fraction of sp³-hybridized carbons (Fsp3) is 0.412. The van der Waals surface area contributed by atoms with Gasteiger partial charge in [0.1, 0.15) is 28.8 Å². The number of hydrogen-bond donors (Lipinski definition) is 0. The van der Waals surface area contributed by atoms with E-state index in [1.165, 1.54) is 10.4 Å². The molecule has 0 saturated carbocycles. The number of halogens is 1. The molecule has 9 heteroatoms. The fourth-order valence-corrected chi connectivity index (χ4v) is 4.39. The summed E-state index contributed by atoms with van der Waals surface area (Å²) in [6.07, 6.45) is 2.42.